The van der Waals surface area contributed by atoms with Gasteiger partial charge in [0.2, 0.25) is 0 Å². The molecule has 0 saturated carbocycles. The fourth-order valence-corrected chi connectivity index (χ4v) is 3.95. The minimum atomic E-state index is -0.164. The number of fused-ring (bicyclic) bond motifs is 1. The second kappa shape index (κ2) is 5.46. The Morgan fingerprint density at radius 3 is 3.00 bits per heavy atom. The van der Waals surface area contributed by atoms with E-state index >= 15 is 0 Å². The molecule has 0 aliphatic heterocycles. The van der Waals surface area contributed by atoms with Gasteiger partial charge in [-0.25, -0.2) is 9.89 Å². The Morgan fingerprint density at radius 1 is 1.50 bits per heavy atom. The highest BCUT2D eigenvalue weighted by Crippen LogP contribution is 2.40. The minimum absolute atomic E-state index is 0.164. The van der Waals surface area contributed by atoms with E-state index in [9.17, 15) is 4.79 Å². The van der Waals surface area contributed by atoms with E-state index in [1.807, 2.05) is 0 Å². The molecule has 0 saturated heterocycles. The van der Waals surface area contributed by atoms with E-state index in [0.29, 0.717) is 11.3 Å². The first-order valence-electron chi connectivity index (χ1n) is 6.80. The van der Waals surface area contributed by atoms with E-state index in [-0.39, 0.29) is 5.69 Å². The fourth-order valence-electron chi connectivity index (χ4n) is 2.70. The minimum Gasteiger partial charge on any atom is -0.309 e. The Balaban J connectivity index is 1.87. The smallest absolute Gasteiger partial charge is 0.309 e. The molecule has 1 heterocycles. The van der Waals surface area contributed by atoms with Gasteiger partial charge in [-0.15, -0.1) is 5.10 Å². The van der Waals surface area contributed by atoms with Gasteiger partial charge in [0.15, 0.2) is 5.16 Å². The van der Waals surface area contributed by atoms with Crippen molar-refractivity contribution in [2.45, 2.75) is 29.8 Å². The van der Waals surface area contributed by atoms with Crippen LogP contribution in [0.2, 0.25) is 0 Å². The molecule has 2 unspecified atom stereocenters. The third-order valence-corrected chi connectivity index (χ3v) is 5.02. The molecule has 3 rings (SSSR count). The maximum Gasteiger partial charge on any atom is 0.343 e. The van der Waals surface area contributed by atoms with Gasteiger partial charge in [-0.3, -0.25) is 4.57 Å². The highest BCUT2D eigenvalue weighted by molar-refractivity contribution is 7.99. The van der Waals surface area contributed by atoms with Crippen LogP contribution in [-0.2, 0) is 13.5 Å². The van der Waals surface area contributed by atoms with Crippen LogP contribution >= 0.6 is 11.8 Å². The van der Waals surface area contributed by atoms with Crippen LogP contribution < -0.4 is 11.0 Å². The average Bonchev–Trinajstić information content (AvgIpc) is 2.95. The SMILES string of the molecule is CCNC1c2ccccc2CC1Sc1n[nH]c(=O)n1C. The normalized spacial score (nSPS) is 21.1. The van der Waals surface area contributed by atoms with Crippen LogP contribution in [0.1, 0.15) is 24.1 Å². The number of rotatable bonds is 4. The van der Waals surface area contributed by atoms with Crippen molar-refractivity contribution in [3.05, 3.63) is 45.9 Å². The van der Waals surface area contributed by atoms with Gasteiger partial charge < -0.3 is 5.32 Å². The van der Waals surface area contributed by atoms with Crippen molar-refractivity contribution in [1.29, 1.82) is 0 Å². The highest BCUT2D eigenvalue weighted by atomic mass is 32.2. The molecule has 2 aromatic rings. The zero-order valence-corrected chi connectivity index (χ0v) is 12.4. The number of hydrogen-bond donors (Lipinski definition) is 2. The molecule has 0 radical (unpaired) electrons. The quantitative estimate of drug-likeness (QED) is 0.895. The van der Waals surface area contributed by atoms with Crippen LogP contribution in [0.4, 0.5) is 0 Å². The number of hydrogen-bond acceptors (Lipinski definition) is 4. The summed E-state index contributed by atoms with van der Waals surface area (Å²) in [5.74, 6) is 0. The van der Waals surface area contributed by atoms with E-state index in [2.05, 4.69) is 46.7 Å². The lowest BCUT2D eigenvalue weighted by molar-refractivity contribution is 0.558. The number of benzene rings is 1. The van der Waals surface area contributed by atoms with Gasteiger partial charge in [0.25, 0.3) is 0 Å². The summed E-state index contributed by atoms with van der Waals surface area (Å²) in [7, 11) is 1.75. The lowest BCUT2D eigenvalue weighted by atomic mass is 10.1. The molecule has 1 aromatic carbocycles. The maximum atomic E-state index is 11.5. The van der Waals surface area contributed by atoms with Crippen LogP contribution in [0.3, 0.4) is 0 Å². The van der Waals surface area contributed by atoms with Crippen molar-refractivity contribution < 1.29 is 0 Å². The average molecular weight is 290 g/mol. The summed E-state index contributed by atoms with van der Waals surface area (Å²) in [6, 6.07) is 8.85. The molecule has 106 valence electrons. The zero-order valence-electron chi connectivity index (χ0n) is 11.6. The van der Waals surface area contributed by atoms with Gasteiger partial charge in [0.05, 0.1) is 0 Å². The summed E-state index contributed by atoms with van der Waals surface area (Å²) in [6.07, 6.45) is 1.000. The van der Waals surface area contributed by atoms with Crippen LogP contribution in [-0.4, -0.2) is 26.6 Å². The first kappa shape index (κ1) is 13.5. The molecule has 1 aliphatic rings. The molecular formula is C14H18N4OS. The predicted octanol–water partition coefficient (Wildman–Crippen LogP) is 1.48. The number of aromatic amines is 1. The summed E-state index contributed by atoms with van der Waals surface area (Å²) in [6.45, 7) is 3.04. The van der Waals surface area contributed by atoms with Gasteiger partial charge >= 0.3 is 5.69 Å². The van der Waals surface area contributed by atoms with Crippen molar-refractivity contribution in [1.82, 2.24) is 20.1 Å². The number of H-pyrrole nitrogens is 1. The molecule has 2 atom stereocenters. The molecule has 20 heavy (non-hydrogen) atoms. The molecule has 0 amide bonds. The van der Waals surface area contributed by atoms with Gasteiger partial charge in [0, 0.05) is 18.3 Å². The number of nitrogens with one attached hydrogen (secondary N) is 2. The van der Waals surface area contributed by atoms with Gasteiger partial charge in [-0.2, -0.15) is 0 Å². The molecular weight excluding hydrogens is 272 g/mol. The molecule has 0 spiro atoms. The van der Waals surface area contributed by atoms with E-state index in [4.69, 9.17) is 0 Å². The lowest BCUT2D eigenvalue weighted by Gasteiger charge is -2.20. The third kappa shape index (κ3) is 2.29. The van der Waals surface area contributed by atoms with E-state index in [1.165, 1.54) is 11.1 Å². The van der Waals surface area contributed by atoms with E-state index < -0.39 is 0 Å². The predicted molar refractivity (Wildman–Crippen MR) is 80.0 cm³/mol. The Kier molecular flexibility index (Phi) is 3.67. The second-order valence-electron chi connectivity index (χ2n) is 4.96. The first-order valence-corrected chi connectivity index (χ1v) is 7.68. The molecule has 1 aliphatic carbocycles. The van der Waals surface area contributed by atoms with Crippen LogP contribution in [0.25, 0.3) is 0 Å². The molecule has 1 aromatic heterocycles. The molecule has 2 N–H and O–H groups in total. The summed E-state index contributed by atoms with van der Waals surface area (Å²) in [4.78, 5) is 11.5. The van der Waals surface area contributed by atoms with Crippen molar-refractivity contribution in [2.75, 3.05) is 6.54 Å². The molecule has 6 heteroatoms. The Labute approximate surface area is 121 Å². The van der Waals surface area contributed by atoms with Crippen LogP contribution in [0, 0.1) is 0 Å². The topological polar surface area (TPSA) is 62.7 Å². The Hall–Kier alpha value is -1.53. The number of aromatic nitrogens is 3. The van der Waals surface area contributed by atoms with E-state index in [0.717, 1.165) is 18.1 Å². The highest BCUT2D eigenvalue weighted by Gasteiger charge is 2.33. The number of thioether (sulfide) groups is 1. The van der Waals surface area contributed by atoms with Crippen molar-refractivity contribution in [3.63, 3.8) is 0 Å². The van der Waals surface area contributed by atoms with Crippen molar-refractivity contribution in [3.8, 4) is 0 Å². The molecule has 0 bridgehead atoms. The standard InChI is InChI=1S/C14H18N4OS/c1-3-15-12-10-7-5-4-6-9(10)8-11(12)20-14-17-16-13(19)18(14)2/h4-7,11-12,15H,3,8H2,1-2H3,(H,16,19). The van der Waals surface area contributed by atoms with Crippen LogP contribution in [0.15, 0.2) is 34.2 Å². The Morgan fingerprint density at radius 2 is 2.30 bits per heavy atom. The monoisotopic (exact) mass is 290 g/mol. The largest absolute Gasteiger partial charge is 0.343 e. The molecule has 5 nitrogen and oxygen atoms in total. The van der Waals surface area contributed by atoms with Gasteiger partial charge in [-0.1, -0.05) is 43.0 Å². The summed E-state index contributed by atoms with van der Waals surface area (Å²) in [5, 5.41) is 11.3. The van der Waals surface area contributed by atoms with Gasteiger partial charge in [0.1, 0.15) is 0 Å². The third-order valence-electron chi connectivity index (χ3n) is 3.70. The second-order valence-corrected chi connectivity index (χ2v) is 6.17. The summed E-state index contributed by atoms with van der Waals surface area (Å²) < 4.78 is 1.57. The lowest BCUT2D eigenvalue weighted by Crippen LogP contribution is -2.27. The van der Waals surface area contributed by atoms with Crippen LogP contribution in [0.5, 0.6) is 0 Å². The Bertz CT molecular complexity index is 663. The molecule has 0 fully saturated rings. The van der Waals surface area contributed by atoms with Gasteiger partial charge in [-0.05, 0) is 24.1 Å². The fraction of sp³-hybridized carbons (Fsp3) is 0.429. The van der Waals surface area contributed by atoms with Crippen molar-refractivity contribution >= 4 is 11.8 Å². The number of nitrogens with zero attached hydrogens (tertiary/aromatic N) is 2. The van der Waals surface area contributed by atoms with E-state index in [1.54, 1.807) is 23.4 Å². The first-order chi connectivity index (χ1) is 9.70. The van der Waals surface area contributed by atoms with Crippen molar-refractivity contribution in [2.24, 2.45) is 7.05 Å². The zero-order chi connectivity index (χ0) is 14.1. The summed E-state index contributed by atoms with van der Waals surface area (Å²) in [5.41, 5.74) is 2.59. The maximum absolute atomic E-state index is 11.5. The summed E-state index contributed by atoms with van der Waals surface area (Å²) >= 11 is 1.66.